The smallest absolute Gasteiger partial charge is 0.0951 e. The topological polar surface area (TPSA) is 17.8 Å². The van der Waals surface area contributed by atoms with Gasteiger partial charge in [0.2, 0.25) is 0 Å². The number of imidazole rings is 1. The molecule has 1 rings (SSSR count). The van der Waals surface area contributed by atoms with Crippen LogP contribution in [0.15, 0.2) is 6.33 Å². The zero-order chi connectivity index (χ0) is 8.97. The van der Waals surface area contributed by atoms with E-state index in [0.29, 0.717) is 0 Å². The first-order chi connectivity index (χ1) is 5.75. The molecular weight excluding hydrogens is 168 g/mol. The number of rotatable bonds is 4. The number of aromatic nitrogens is 2. The van der Waals surface area contributed by atoms with Gasteiger partial charge in [0.1, 0.15) is 0 Å². The van der Waals surface area contributed by atoms with E-state index in [1.807, 2.05) is 18.1 Å². The molecule has 1 aromatic rings. The van der Waals surface area contributed by atoms with Gasteiger partial charge in [-0.2, -0.15) is 11.8 Å². The van der Waals surface area contributed by atoms with E-state index in [-0.39, 0.29) is 0 Å². The SMILES string of the molecule is CSCCCn1cnc(C)c1C. The third kappa shape index (κ3) is 2.27. The lowest BCUT2D eigenvalue weighted by Crippen LogP contribution is -1.99. The molecule has 0 unspecified atom stereocenters. The summed E-state index contributed by atoms with van der Waals surface area (Å²) in [7, 11) is 0. The summed E-state index contributed by atoms with van der Waals surface area (Å²) in [6, 6.07) is 0. The number of hydrogen-bond acceptors (Lipinski definition) is 2. The molecular formula is C9H16N2S. The van der Waals surface area contributed by atoms with Crippen molar-refractivity contribution in [1.29, 1.82) is 0 Å². The second-order valence-electron chi connectivity index (χ2n) is 2.96. The van der Waals surface area contributed by atoms with Crippen LogP contribution in [-0.4, -0.2) is 21.6 Å². The first-order valence-electron chi connectivity index (χ1n) is 4.23. The number of aryl methyl sites for hydroxylation is 2. The van der Waals surface area contributed by atoms with E-state index in [4.69, 9.17) is 0 Å². The number of nitrogens with zero attached hydrogens (tertiary/aromatic N) is 2. The third-order valence-corrected chi connectivity index (χ3v) is 2.79. The summed E-state index contributed by atoms with van der Waals surface area (Å²) in [5.41, 5.74) is 2.45. The van der Waals surface area contributed by atoms with Crippen LogP contribution in [0.1, 0.15) is 17.8 Å². The fourth-order valence-corrected chi connectivity index (χ4v) is 1.57. The predicted molar refractivity (Wildman–Crippen MR) is 54.7 cm³/mol. The zero-order valence-corrected chi connectivity index (χ0v) is 8.82. The van der Waals surface area contributed by atoms with E-state index in [9.17, 15) is 0 Å². The monoisotopic (exact) mass is 184 g/mol. The van der Waals surface area contributed by atoms with Crippen molar-refractivity contribution in [2.75, 3.05) is 12.0 Å². The first kappa shape index (κ1) is 9.65. The summed E-state index contributed by atoms with van der Waals surface area (Å²) in [5, 5.41) is 0. The van der Waals surface area contributed by atoms with Crippen molar-refractivity contribution in [3.05, 3.63) is 17.7 Å². The molecule has 68 valence electrons. The molecule has 3 heteroatoms. The molecule has 12 heavy (non-hydrogen) atoms. The third-order valence-electron chi connectivity index (χ3n) is 2.09. The Balaban J connectivity index is 2.46. The van der Waals surface area contributed by atoms with Crippen LogP contribution >= 0.6 is 11.8 Å². The van der Waals surface area contributed by atoms with Crippen LogP contribution in [0.4, 0.5) is 0 Å². The average molecular weight is 184 g/mol. The summed E-state index contributed by atoms with van der Waals surface area (Å²) in [4.78, 5) is 4.25. The minimum Gasteiger partial charge on any atom is -0.335 e. The molecule has 0 fully saturated rings. The van der Waals surface area contributed by atoms with Crippen LogP contribution in [0.3, 0.4) is 0 Å². The van der Waals surface area contributed by atoms with Crippen molar-refractivity contribution in [3.8, 4) is 0 Å². The number of hydrogen-bond donors (Lipinski definition) is 0. The Kier molecular flexibility index (Phi) is 3.66. The fraction of sp³-hybridized carbons (Fsp3) is 0.667. The first-order valence-corrected chi connectivity index (χ1v) is 5.62. The van der Waals surface area contributed by atoms with Gasteiger partial charge < -0.3 is 4.57 Å². The van der Waals surface area contributed by atoms with Gasteiger partial charge in [-0.05, 0) is 32.3 Å². The van der Waals surface area contributed by atoms with Crippen LogP contribution < -0.4 is 0 Å². The average Bonchev–Trinajstić information content (AvgIpc) is 2.36. The van der Waals surface area contributed by atoms with Gasteiger partial charge in [-0.1, -0.05) is 0 Å². The van der Waals surface area contributed by atoms with Crippen LogP contribution in [0, 0.1) is 13.8 Å². The maximum Gasteiger partial charge on any atom is 0.0951 e. The normalized spacial score (nSPS) is 10.6. The molecule has 0 radical (unpaired) electrons. The van der Waals surface area contributed by atoms with Crippen molar-refractivity contribution in [2.24, 2.45) is 0 Å². The van der Waals surface area contributed by atoms with Crippen molar-refractivity contribution < 1.29 is 0 Å². The van der Waals surface area contributed by atoms with Crippen LogP contribution in [0.25, 0.3) is 0 Å². The lowest BCUT2D eigenvalue weighted by molar-refractivity contribution is 0.666. The van der Waals surface area contributed by atoms with E-state index < -0.39 is 0 Å². The van der Waals surface area contributed by atoms with E-state index in [1.54, 1.807) is 0 Å². The molecule has 1 aromatic heterocycles. The van der Waals surface area contributed by atoms with Crippen LogP contribution in [0.5, 0.6) is 0 Å². The minimum atomic E-state index is 1.10. The Hall–Kier alpha value is -0.440. The Morgan fingerprint density at radius 3 is 2.75 bits per heavy atom. The van der Waals surface area contributed by atoms with Gasteiger partial charge in [-0.15, -0.1) is 0 Å². The quantitative estimate of drug-likeness (QED) is 0.668. The fourth-order valence-electron chi connectivity index (χ4n) is 1.15. The molecule has 0 bridgehead atoms. The minimum absolute atomic E-state index is 1.10. The van der Waals surface area contributed by atoms with Gasteiger partial charge in [0, 0.05) is 12.2 Å². The van der Waals surface area contributed by atoms with Crippen molar-refractivity contribution in [2.45, 2.75) is 26.8 Å². The Bertz CT molecular complexity index is 243. The lowest BCUT2D eigenvalue weighted by Gasteiger charge is -2.03. The maximum atomic E-state index is 4.25. The van der Waals surface area contributed by atoms with Crippen LogP contribution in [-0.2, 0) is 6.54 Å². The maximum absolute atomic E-state index is 4.25. The molecule has 1 heterocycles. The highest BCUT2D eigenvalue weighted by Crippen LogP contribution is 2.06. The summed E-state index contributed by atoms with van der Waals surface area (Å²) in [5.74, 6) is 1.23. The van der Waals surface area contributed by atoms with Gasteiger partial charge in [-0.25, -0.2) is 4.98 Å². The van der Waals surface area contributed by atoms with Crippen molar-refractivity contribution in [1.82, 2.24) is 9.55 Å². The standard InChI is InChI=1S/C9H16N2S/c1-8-9(2)11(7-10-8)5-4-6-12-3/h7H,4-6H2,1-3H3. The Morgan fingerprint density at radius 2 is 2.25 bits per heavy atom. The van der Waals surface area contributed by atoms with Gasteiger partial charge in [-0.3, -0.25) is 0 Å². The molecule has 0 N–H and O–H groups in total. The second kappa shape index (κ2) is 4.55. The van der Waals surface area contributed by atoms with Gasteiger partial charge in [0.25, 0.3) is 0 Å². The summed E-state index contributed by atoms with van der Waals surface area (Å²) in [6.07, 6.45) is 5.31. The van der Waals surface area contributed by atoms with E-state index in [0.717, 1.165) is 12.2 Å². The molecule has 0 amide bonds. The summed E-state index contributed by atoms with van der Waals surface area (Å²) < 4.78 is 2.23. The molecule has 0 saturated carbocycles. The van der Waals surface area contributed by atoms with E-state index >= 15 is 0 Å². The molecule has 0 aliphatic carbocycles. The predicted octanol–water partition coefficient (Wildman–Crippen LogP) is 2.25. The number of thioether (sulfide) groups is 1. The summed E-state index contributed by atoms with van der Waals surface area (Å²) in [6.45, 7) is 5.29. The zero-order valence-electron chi connectivity index (χ0n) is 8.00. The van der Waals surface area contributed by atoms with Crippen molar-refractivity contribution in [3.63, 3.8) is 0 Å². The van der Waals surface area contributed by atoms with Crippen LogP contribution in [0.2, 0.25) is 0 Å². The van der Waals surface area contributed by atoms with Gasteiger partial charge in [0.15, 0.2) is 0 Å². The van der Waals surface area contributed by atoms with E-state index in [2.05, 4.69) is 29.7 Å². The Labute approximate surface area is 78.4 Å². The molecule has 0 saturated heterocycles. The molecule has 0 aliphatic rings. The molecule has 2 nitrogen and oxygen atoms in total. The van der Waals surface area contributed by atoms with Gasteiger partial charge in [0.05, 0.1) is 12.0 Å². The molecule has 0 atom stereocenters. The highest BCUT2D eigenvalue weighted by molar-refractivity contribution is 7.98. The highest BCUT2D eigenvalue weighted by Gasteiger charge is 1.99. The highest BCUT2D eigenvalue weighted by atomic mass is 32.2. The molecule has 0 spiro atoms. The van der Waals surface area contributed by atoms with Crippen molar-refractivity contribution >= 4 is 11.8 Å². The molecule has 0 aromatic carbocycles. The Morgan fingerprint density at radius 1 is 1.50 bits per heavy atom. The summed E-state index contributed by atoms with van der Waals surface area (Å²) >= 11 is 1.90. The molecule has 0 aliphatic heterocycles. The van der Waals surface area contributed by atoms with Gasteiger partial charge >= 0.3 is 0 Å². The largest absolute Gasteiger partial charge is 0.335 e. The lowest BCUT2D eigenvalue weighted by atomic mass is 10.3. The van der Waals surface area contributed by atoms with E-state index in [1.165, 1.54) is 17.9 Å². The second-order valence-corrected chi connectivity index (χ2v) is 3.94.